The van der Waals surface area contributed by atoms with Crippen LogP contribution in [0, 0.1) is 30.2 Å². The van der Waals surface area contributed by atoms with Crippen molar-refractivity contribution in [3.63, 3.8) is 0 Å². The molecule has 0 saturated carbocycles. The van der Waals surface area contributed by atoms with Crippen LogP contribution in [-0.4, -0.2) is 15.9 Å². The first-order valence-electron chi connectivity index (χ1n) is 18.0. The minimum atomic E-state index is 0. The number of aliphatic hydroxyl groups is 1. The number of nitrogens with zero attached hydrogens (tertiary/aromatic N) is 1. The SMILES string of the molecule is CCC(CC)C(=O)/C=C(\O)C(CC)CC.Cc1cc(CC(C)(C)C)oc1-c1cc2ccnc(-c3[c-]c4ccccc4c(C(C)(C)C)c3)c2s1.[Ir]. The summed E-state index contributed by atoms with van der Waals surface area (Å²) in [5, 5.41) is 13.3. The van der Waals surface area contributed by atoms with Gasteiger partial charge in [-0.05, 0) is 72.6 Å². The normalized spacial score (nSPS) is 12.4. The van der Waals surface area contributed by atoms with Crippen molar-refractivity contribution in [1.29, 1.82) is 0 Å². The van der Waals surface area contributed by atoms with Crippen molar-refractivity contribution < 1.29 is 34.4 Å². The molecule has 1 radical (unpaired) electrons. The smallest absolute Gasteiger partial charge is 0.162 e. The number of carbonyl (C=O) groups is 1. The minimum absolute atomic E-state index is 0. The zero-order valence-electron chi connectivity index (χ0n) is 31.9. The van der Waals surface area contributed by atoms with Gasteiger partial charge in [0.2, 0.25) is 0 Å². The molecule has 0 amide bonds. The third kappa shape index (κ3) is 10.0. The average Bonchev–Trinajstić information content (AvgIpc) is 3.63. The molecule has 5 rings (SSSR count). The molecule has 0 bridgehead atoms. The van der Waals surface area contributed by atoms with Gasteiger partial charge < -0.3 is 9.52 Å². The molecule has 0 unspecified atom stereocenters. The number of pyridine rings is 1. The number of rotatable bonds is 10. The Hall–Kier alpha value is -3.05. The Morgan fingerprint density at radius 2 is 1.58 bits per heavy atom. The number of hydrogen-bond donors (Lipinski definition) is 1. The Morgan fingerprint density at radius 3 is 2.18 bits per heavy atom. The molecule has 0 aliphatic heterocycles. The van der Waals surface area contributed by atoms with Gasteiger partial charge in [-0.25, -0.2) is 0 Å². The van der Waals surface area contributed by atoms with Crippen molar-refractivity contribution in [1.82, 2.24) is 4.98 Å². The molecule has 0 saturated heterocycles. The number of hydrogen-bond acceptors (Lipinski definition) is 5. The number of ketones is 1. The first-order valence-corrected chi connectivity index (χ1v) is 18.8. The fraction of sp³-hybridized carbons (Fsp3) is 0.455. The van der Waals surface area contributed by atoms with Crippen LogP contribution in [0.15, 0.2) is 71.0 Å². The van der Waals surface area contributed by atoms with Crippen molar-refractivity contribution >= 4 is 38.0 Å². The average molecular weight is 871 g/mol. The van der Waals surface area contributed by atoms with Crippen molar-refractivity contribution in [2.45, 2.75) is 114 Å². The van der Waals surface area contributed by atoms with Gasteiger partial charge in [0.05, 0.1) is 10.6 Å². The summed E-state index contributed by atoms with van der Waals surface area (Å²) in [5.74, 6) is 2.57. The van der Waals surface area contributed by atoms with Gasteiger partial charge in [0.25, 0.3) is 0 Å². The second-order valence-electron chi connectivity index (χ2n) is 15.5. The molecule has 0 atom stereocenters. The quantitative estimate of drug-likeness (QED) is 0.0863. The van der Waals surface area contributed by atoms with Gasteiger partial charge in [0.1, 0.15) is 11.5 Å². The summed E-state index contributed by atoms with van der Waals surface area (Å²) in [6.45, 7) is 23.7. The molecule has 1 N–H and O–H groups in total. The van der Waals surface area contributed by atoms with Gasteiger partial charge in [-0.2, -0.15) is 0 Å². The largest absolute Gasteiger partial charge is 0.512 e. The Bertz CT molecular complexity index is 1910. The van der Waals surface area contributed by atoms with E-state index in [0.717, 1.165) is 65.1 Å². The van der Waals surface area contributed by atoms with E-state index >= 15 is 0 Å². The summed E-state index contributed by atoms with van der Waals surface area (Å²) in [6.07, 6.45) is 7.74. The molecule has 271 valence electrons. The molecular weight excluding hydrogens is 815 g/mol. The van der Waals surface area contributed by atoms with Gasteiger partial charge in [0, 0.05) is 61.0 Å². The van der Waals surface area contributed by atoms with E-state index < -0.39 is 0 Å². The fourth-order valence-electron chi connectivity index (χ4n) is 6.43. The van der Waals surface area contributed by atoms with Crippen LogP contribution < -0.4 is 0 Å². The van der Waals surface area contributed by atoms with Crippen LogP contribution in [0.4, 0.5) is 0 Å². The number of benzene rings is 2. The van der Waals surface area contributed by atoms with Crippen LogP contribution in [0.5, 0.6) is 0 Å². The number of thiophene rings is 1. The second-order valence-corrected chi connectivity index (χ2v) is 16.6. The Morgan fingerprint density at radius 1 is 0.940 bits per heavy atom. The summed E-state index contributed by atoms with van der Waals surface area (Å²) in [6, 6.07) is 21.0. The molecule has 2 aromatic carbocycles. The standard InChI is InChI=1S/C31H32NOS.C13H24O2.Ir/c1-19-14-23(18-30(2,3)4)33-28(19)26-17-21-12-13-32-27(29(21)34-26)22-15-20-10-8-9-11-24(20)25(16-22)31(5,6)7;1-5-10(6-2)12(14)9-13(15)11(7-3)8-4;/h8-14,16-17H,18H2,1-7H3;9-11,14H,5-8H2,1-4H3;/q-1;;/b;12-9-;. The molecule has 5 aromatic rings. The number of furan rings is 1. The first-order chi connectivity index (χ1) is 23.1. The molecule has 0 spiro atoms. The van der Waals surface area contributed by atoms with Crippen LogP contribution in [0.2, 0.25) is 0 Å². The van der Waals surface area contributed by atoms with Crippen molar-refractivity contribution in [2.75, 3.05) is 0 Å². The molecule has 0 aliphatic rings. The summed E-state index contributed by atoms with van der Waals surface area (Å²) in [4.78, 5) is 17.7. The van der Waals surface area contributed by atoms with Crippen LogP contribution in [0.3, 0.4) is 0 Å². The third-order valence-electron chi connectivity index (χ3n) is 9.25. The van der Waals surface area contributed by atoms with Crippen molar-refractivity contribution in [3.05, 3.63) is 89.5 Å². The minimum Gasteiger partial charge on any atom is -0.512 e. The maximum atomic E-state index is 11.7. The zero-order chi connectivity index (χ0) is 36.1. The molecule has 6 heteroatoms. The second kappa shape index (κ2) is 17.4. The Balaban J connectivity index is 0.000000361. The van der Waals surface area contributed by atoms with E-state index in [1.807, 2.05) is 33.9 Å². The van der Waals surface area contributed by atoms with E-state index in [0.29, 0.717) is 0 Å². The van der Waals surface area contributed by atoms with E-state index in [-0.39, 0.29) is 54.3 Å². The number of carbonyl (C=O) groups excluding carboxylic acids is 1. The van der Waals surface area contributed by atoms with E-state index in [2.05, 4.69) is 103 Å². The van der Waals surface area contributed by atoms with Crippen molar-refractivity contribution in [3.8, 4) is 21.9 Å². The summed E-state index contributed by atoms with van der Waals surface area (Å²) in [7, 11) is 0. The van der Waals surface area contributed by atoms with Gasteiger partial charge in [-0.3, -0.25) is 9.78 Å². The Labute approximate surface area is 318 Å². The van der Waals surface area contributed by atoms with E-state index in [1.54, 1.807) is 11.3 Å². The predicted molar refractivity (Wildman–Crippen MR) is 210 cm³/mol. The fourth-order valence-corrected chi connectivity index (χ4v) is 7.63. The maximum Gasteiger partial charge on any atom is 0.162 e. The summed E-state index contributed by atoms with van der Waals surface area (Å²) >= 11 is 1.76. The van der Waals surface area contributed by atoms with Crippen molar-refractivity contribution in [2.24, 2.45) is 17.3 Å². The van der Waals surface area contributed by atoms with E-state index in [9.17, 15) is 9.90 Å². The van der Waals surface area contributed by atoms with E-state index in [4.69, 9.17) is 9.40 Å². The van der Waals surface area contributed by atoms with Crippen LogP contribution >= 0.6 is 11.3 Å². The molecule has 3 heterocycles. The van der Waals surface area contributed by atoms with E-state index in [1.165, 1.54) is 32.7 Å². The molecular formula is C44H56IrNO3S-. The number of allylic oxidation sites excluding steroid dienone is 2. The number of aryl methyl sites for hydroxylation is 1. The number of aliphatic hydroxyl groups excluding tert-OH is 1. The van der Waals surface area contributed by atoms with Crippen LogP contribution in [0.1, 0.15) is 112 Å². The van der Waals surface area contributed by atoms with Gasteiger partial charge in [-0.1, -0.05) is 98.4 Å². The van der Waals surface area contributed by atoms with Gasteiger partial charge >= 0.3 is 0 Å². The molecule has 0 fully saturated rings. The third-order valence-corrected chi connectivity index (χ3v) is 10.4. The van der Waals surface area contributed by atoms with Crippen LogP contribution in [0.25, 0.3) is 42.8 Å². The molecule has 3 aromatic heterocycles. The summed E-state index contributed by atoms with van der Waals surface area (Å²) < 4.78 is 7.53. The molecule has 0 aliphatic carbocycles. The summed E-state index contributed by atoms with van der Waals surface area (Å²) in [5.41, 5.74) is 4.76. The zero-order valence-corrected chi connectivity index (χ0v) is 35.1. The van der Waals surface area contributed by atoms with Crippen LogP contribution in [-0.2, 0) is 36.7 Å². The molecule has 4 nitrogen and oxygen atoms in total. The number of aromatic nitrogens is 1. The van der Waals surface area contributed by atoms with Gasteiger partial charge in [-0.15, -0.1) is 40.5 Å². The Kier molecular flexibility index (Phi) is 14.4. The predicted octanol–water partition coefficient (Wildman–Crippen LogP) is 13.2. The first kappa shape index (κ1) is 41.4. The molecule has 50 heavy (non-hydrogen) atoms. The maximum absolute atomic E-state index is 11.7. The van der Waals surface area contributed by atoms with Gasteiger partial charge in [0.15, 0.2) is 5.78 Å². The monoisotopic (exact) mass is 871 g/mol. The number of fused-ring (bicyclic) bond motifs is 2. The topological polar surface area (TPSA) is 63.3 Å².